The number of aliphatic hydroxyl groups is 1. The van der Waals surface area contributed by atoms with Crippen molar-refractivity contribution < 1.29 is 9.84 Å². The van der Waals surface area contributed by atoms with E-state index in [4.69, 9.17) is 15.6 Å². The lowest BCUT2D eigenvalue weighted by Crippen LogP contribution is -2.38. The van der Waals surface area contributed by atoms with Crippen molar-refractivity contribution in [2.45, 2.75) is 12.5 Å². The molecule has 1 rings (SSSR count). The smallest absolute Gasteiger partial charge is 0.142 e. The van der Waals surface area contributed by atoms with Gasteiger partial charge in [-0.3, -0.25) is 4.98 Å². The molecule has 1 aromatic rings. The molecular weight excluding hydrogens is 168 g/mol. The highest BCUT2D eigenvalue weighted by Crippen LogP contribution is 2.24. The van der Waals surface area contributed by atoms with Gasteiger partial charge in [0.15, 0.2) is 0 Å². The van der Waals surface area contributed by atoms with Crippen LogP contribution in [0, 0.1) is 0 Å². The van der Waals surface area contributed by atoms with Gasteiger partial charge in [0.2, 0.25) is 0 Å². The van der Waals surface area contributed by atoms with Crippen LogP contribution in [0.1, 0.15) is 12.6 Å². The third kappa shape index (κ3) is 1.96. The molecule has 0 aliphatic rings. The predicted octanol–water partition coefficient (Wildman–Crippen LogP) is 0.256. The van der Waals surface area contributed by atoms with E-state index in [1.807, 2.05) is 0 Å². The summed E-state index contributed by atoms with van der Waals surface area (Å²) >= 11 is 0. The van der Waals surface area contributed by atoms with Crippen LogP contribution in [0.25, 0.3) is 0 Å². The first-order chi connectivity index (χ1) is 6.11. The van der Waals surface area contributed by atoms with Crippen molar-refractivity contribution in [3.63, 3.8) is 0 Å². The number of methoxy groups -OCH3 is 1. The van der Waals surface area contributed by atoms with Gasteiger partial charge in [-0.1, -0.05) is 0 Å². The molecule has 0 spiro atoms. The molecule has 0 aliphatic heterocycles. The topological polar surface area (TPSA) is 68.4 Å². The Morgan fingerprint density at radius 1 is 1.69 bits per heavy atom. The molecule has 0 saturated heterocycles. The Morgan fingerprint density at radius 2 is 2.38 bits per heavy atom. The molecule has 4 nitrogen and oxygen atoms in total. The summed E-state index contributed by atoms with van der Waals surface area (Å²) in [4.78, 5) is 4.08. The second kappa shape index (κ2) is 3.72. The van der Waals surface area contributed by atoms with E-state index in [1.165, 1.54) is 0 Å². The zero-order valence-electron chi connectivity index (χ0n) is 7.82. The van der Waals surface area contributed by atoms with E-state index in [9.17, 15) is 0 Å². The van der Waals surface area contributed by atoms with Gasteiger partial charge in [0.05, 0.1) is 19.3 Å². The molecular formula is C9H14N2O2. The van der Waals surface area contributed by atoms with Gasteiger partial charge >= 0.3 is 0 Å². The zero-order valence-corrected chi connectivity index (χ0v) is 7.82. The van der Waals surface area contributed by atoms with Crippen LogP contribution in [0.3, 0.4) is 0 Å². The summed E-state index contributed by atoms with van der Waals surface area (Å²) < 4.78 is 5.08. The molecule has 72 valence electrons. The molecule has 1 atom stereocenters. The van der Waals surface area contributed by atoms with E-state index in [-0.39, 0.29) is 6.61 Å². The number of pyridine rings is 1. The number of aliphatic hydroxyl groups excluding tert-OH is 1. The Morgan fingerprint density at radius 3 is 2.92 bits per heavy atom. The zero-order chi connectivity index (χ0) is 9.90. The molecule has 0 aliphatic carbocycles. The molecule has 0 amide bonds. The summed E-state index contributed by atoms with van der Waals surface area (Å²) in [6.07, 6.45) is 1.62. The van der Waals surface area contributed by atoms with Gasteiger partial charge in [0.1, 0.15) is 11.4 Å². The number of aromatic nitrogens is 1. The highest BCUT2D eigenvalue weighted by Gasteiger charge is 2.25. The van der Waals surface area contributed by atoms with Crippen LogP contribution in [-0.4, -0.2) is 23.8 Å². The Hall–Kier alpha value is -1.13. The highest BCUT2D eigenvalue weighted by atomic mass is 16.5. The molecule has 4 heteroatoms. The number of hydrogen-bond acceptors (Lipinski definition) is 4. The maximum Gasteiger partial charge on any atom is 0.142 e. The highest BCUT2D eigenvalue weighted by molar-refractivity contribution is 5.32. The van der Waals surface area contributed by atoms with Crippen molar-refractivity contribution in [1.29, 1.82) is 0 Å². The van der Waals surface area contributed by atoms with E-state index in [0.717, 1.165) is 0 Å². The fourth-order valence-electron chi connectivity index (χ4n) is 1.06. The van der Waals surface area contributed by atoms with Crippen LogP contribution >= 0.6 is 0 Å². The fourth-order valence-corrected chi connectivity index (χ4v) is 1.06. The number of nitrogens with two attached hydrogens (primary N) is 1. The average Bonchev–Trinajstić information content (AvgIpc) is 2.18. The summed E-state index contributed by atoms with van der Waals surface area (Å²) in [5, 5.41) is 9.05. The van der Waals surface area contributed by atoms with Crippen LogP contribution < -0.4 is 10.5 Å². The van der Waals surface area contributed by atoms with Crippen molar-refractivity contribution in [1.82, 2.24) is 4.98 Å². The normalized spacial score (nSPS) is 15.1. The van der Waals surface area contributed by atoms with E-state index >= 15 is 0 Å². The fraction of sp³-hybridized carbons (Fsp3) is 0.444. The maximum absolute atomic E-state index is 9.05. The number of rotatable bonds is 3. The van der Waals surface area contributed by atoms with Gasteiger partial charge in [0.25, 0.3) is 0 Å². The van der Waals surface area contributed by atoms with Gasteiger partial charge in [-0.2, -0.15) is 0 Å². The lowest BCUT2D eigenvalue weighted by atomic mass is 9.99. The Kier molecular flexibility index (Phi) is 2.85. The van der Waals surface area contributed by atoms with Gasteiger partial charge in [-0.05, 0) is 19.1 Å². The van der Waals surface area contributed by atoms with Crippen LogP contribution in [-0.2, 0) is 5.54 Å². The van der Waals surface area contributed by atoms with E-state index in [0.29, 0.717) is 11.4 Å². The molecule has 3 N–H and O–H groups in total. The van der Waals surface area contributed by atoms with Gasteiger partial charge in [-0.15, -0.1) is 0 Å². The van der Waals surface area contributed by atoms with Crippen molar-refractivity contribution >= 4 is 0 Å². The van der Waals surface area contributed by atoms with E-state index in [2.05, 4.69) is 4.98 Å². The van der Waals surface area contributed by atoms with Crippen molar-refractivity contribution in [3.05, 3.63) is 24.0 Å². The monoisotopic (exact) mass is 182 g/mol. The van der Waals surface area contributed by atoms with Crippen LogP contribution in [0.2, 0.25) is 0 Å². The molecule has 13 heavy (non-hydrogen) atoms. The summed E-state index contributed by atoms with van der Waals surface area (Å²) in [5.74, 6) is 0.599. The second-order valence-corrected chi connectivity index (χ2v) is 3.13. The van der Waals surface area contributed by atoms with E-state index in [1.54, 1.807) is 32.4 Å². The largest absolute Gasteiger partial charge is 0.495 e. The van der Waals surface area contributed by atoms with E-state index < -0.39 is 5.54 Å². The first-order valence-electron chi connectivity index (χ1n) is 4.01. The second-order valence-electron chi connectivity index (χ2n) is 3.13. The van der Waals surface area contributed by atoms with Crippen LogP contribution in [0.15, 0.2) is 18.3 Å². The quantitative estimate of drug-likeness (QED) is 0.703. The maximum atomic E-state index is 9.05. The molecule has 0 unspecified atom stereocenters. The summed E-state index contributed by atoms with van der Waals surface area (Å²) in [5.41, 5.74) is 5.54. The van der Waals surface area contributed by atoms with Crippen LogP contribution in [0.5, 0.6) is 5.75 Å². The lowest BCUT2D eigenvalue weighted by molar-refractivity contribution is 0.202. The minimum Gasteiger partial charge on any atom is -0.495 e. The first kappa shape index (κ1) is 9.95. The minimum absolute atomic E-state index is 0.166. The molecule has 0 fully saturated rings. The van der Waals surface area contributed by atoms with Crippen molar-refractivity contribution in [2.75, 3.05) is 13.7 Å². The molecule has 0 bridgehead atoms. The molecule has 1 aromatic heterocycles. The SMILES string of the molecule is COc1cccnc1[C@@](C)(N)CO. The minimum atomic E-state index is -0.855. The standard InChI is InChI=1S/C9H14N2O2/c1-9(10,6-12)8-7(13-2)4-3-5-11-8/h3-5,12H,6,10H2,1-2H3/t9-/m0/s1. The van der Waals surface area contributed by atoms with Crippen LogP contribution in [0.4, 0.5) is 0 Å². The Balaban J connectivity index is 3.12. The first-order valence-corrected chi connectivity index (χ1v) is 4.01. The Bertz CT molecular complexity index is 287. The number of ether oxygens (including phenoxy) is 1. The summed E-state index contributed by atoms with van der Waals surface area (Å²) in [7, 11) is 1.55. The lowest BCUT2D eigenvalue weighted by Gasteiger charge is -2.22. The third-order valence-corrected chi connectivity index (χ3v) is 1.86. The Labute approximate surface area is 77.4 Å². The molecule has 0 radical (unpaired) electrons. The number of nitrogens with zero attached hydrogens (tertiary/aromatic N) is 1. The third-order valence-electron chi connectivity index (χ3n) is 1.86. The van der Waals surface area contributed by atoms with Gasteiger partial charge in [0, 0.05) is 6.20 Å². The molecule has 0 aromatic carbocycles. The summed E-state index contributed by atoms with van der Waals surface area (Å²) in [6, 6.07) is 3.53. The van der Waals surface area contributed by atoms with Gasteiger partial charge < -0.3 is 15.6 Å². The van der Waals surface area contributed by atoms with Gasteiger partial charge in [-0.25, -0.2) is 0 Å². The molecule has 0 saturated carbocycles. The molecule has 1 heterocycles. The van der Waals surface area contributed by atoms with Crippen molar-refractivity contribution in [3.8, 4) is 5.75 Å². The van der Waals surface area contributed by atoms with Crippen molar-refractivity contribution in [2.24, 2.45) is 5.73 Å². The number of hydrogen-bond donors (Lipinski definition) is 2. The average molecular weight is 182 g/mol. The summed E-state index contributed by atoms with van der Waals surface area (Å²) in [6.45, 7) is 1.54. The predicted molar refractivity (Wildman–Crippen MR) is 49.4 cm³/mol.